The van der Waals surface area contributed by atoms with Crippen LogP contribution >= 0.6 is 0 Å². The number of amides is 1. The third kappa shape index (κ3) is 4.80. The Balaban J connectivity index is 1.82. The van der Waals surface area contributed by atoms with Crippen LogP contribution in [0.1, 0.15) is 54.9 Å². The van der Waals surface area contributed by atoms with Gasteiger partial charge in [-0.05, 0) is 57.2 Å². The van der Waals surface area contributed by atoms with E-state index in [1.807, 2.05) is 0 Å². The van der Waals surface area contributed by atoms with Crippen LogP contribution in [0.15, 0.2) is 23.1 Å². The van der Waals surface area contributed by atoms with Gasteiger partial charge in [0, 0.05) is 31.7 Å². The summed E-state index contributed by atoms with van der Waals surface area (Å²) in [6, 6.07) is 4.76. The molecule has 1 aromatic carbocycles. The highest BCUT2D eigenvalue weighted by molar-refractivity contribution is 7.89. The van der Waals surface area contributed by atoms with Crippen LogP contribution < -0.4 is 0 Å². The zero-order chi connectivity index (χ0) is 21.0. The molecule has 2 aliphatic rings. The highest BCUT2D eigenvalue weighted by Crippen LogP contribution is 2.25. The number of hydrogen-bond acceptors (Lipinski definition) is 5. The number of carbonyl (C=O) groups excluding carboxylic acids is 2. The van der Waals surface area contributed by atoms with E-state index in [1.54, 1.807) is 30.9 Å². The van der Waals surface area contributed by atoms with Crippen molar-refractivity contribution in [2.24, 2.45) is 5.92 Å². The number of nitrogens with zero attached hydrogens (tertiary/aromatic N) is 2. The molecule has 160 valence electrons. The molecular formula is C21H30N2O5S. The van der Waals surface area contributed by atoms with Crippen LogP contribution in [-0.4, -0.2) is 62.3 Å². The number of carbonyl (C=O) groups is 2. The van der Waals surface area contributed by atoms with Crippen molar-refractivity contribution in [2.45, 2.75) is 50.8 Å². The summed E-state index contributed by atoms with van der Waals surface area (Å²) in [6.07, 6.45) is 4.19. The van der Waals surface area contributed by atoms with Crippen LogP contribution in [0, 0.1) is 12.8 Å². The quantitative estimate of drug-likeness (QED) is 0.681. The molecule has 8 heteroatoms. The molecule has 0 aliphatic carbocycles. The smallest absolute Gasteiger partial charge is 0.310 e. The Morgan fingerprint density at radius 2 is 1.83 bits per heavy atom. The Bertz CT molecular complexity index is 862. The largest absolute Gasteiger partial charge is 0.466 e. The van der Waals surface area contributed by atoms with E-state index in [2.05, 4.69) is 0 Å². The van der Waals surface area contributed by atoms with Gasteiger partial charge in [0.25, 0.3) is 5.91 Å². The minimum absolute atomic E-state index is 0.160. The van der Waals surface area contributed by atoms with Crippen LogP contribution in [-0.2, 0) is 19.6 Å². The van der Waals surface area contributed by atoms with Gasteiger partial charge in [-0.15, -0.1) is 0 Å². The van der Waals surface area contributed by atoms with Gasteiger partial charge >= 0.3 is 5.97 Å². The molecule has 0 unspecified atom stereocenters. The van der Waals surface area contributed by atoms with E-state index >= 15 is 0 Å². The minimum atomic E-state index is -3.61. The molecule has 0 spiro atoms. The summed E-state index contributed by atoms with van der Waals surface area (Å²) in [6.45, 7) is 5.79. The highest BCUT2D eigenvalue weighted by atomic mass is 32.2. The average Bonchev–Trinajstić information content (AvgIpc) is 2.74. The first-order chi connectivity index (χ1) is 13.8. The second-order valence-electron chi connectivity index (χ2n) is 7.78. The average molecular weight is 423 g/mol. The molecule has 2 fully saturated rings. The molecule has 2 saturated heterocycles. The first-order valence-corrected chi connectivity index (χ1v) is 11.8. The summed E-state index contributed by atoms with van der Waals surface area (Å²) in [5.74, 6) is -0.830. The number of benzene rings is 1. The molecule has 3 rings (SSSR count). The highest BCUT2D eigenvalue weighted by Gasteiger charge is 2.32. The molecule has 29 heavy (non-hydrogen) atoms. The van der Waals surface area contributed by atoms with Gasteiger partial charge in [0.2, 0.25) is 10.0 Å². The molecule has 7 nitrogen and oxygen atoms in total. The summed E-state index contributed by atoms with van der Waals surface area (Å²) in [5, 5.41) is 0. The Morgan fingerprint density at radius 1 is 1.10 bits per heavy atom. The first kappa shape index (κ1) is 21.8. The van der Waals surface area contributed by atoms with Crippen LogP contribution in [0.5, 0.6) is 0 Å². The fourth-order valence-corrected chi connectivity index (χ4v) is 5.57. The monoisotopic (exact) mass is 422 g/mol. The van der Waals surface area contributed by atoms with Crippen molar-refractivity contribution in [3.8, 4) is 0 Å². The fourth-order valence-electron chi connectivity index (χ4n) is 4.03. The molecule has 2 aliphatic heterocycles. The number of piperidine rings is 2. The van der Waals surface area contributed by atoms with Gasteiger partial charge in [-0.3, -0.25) is 9.59 Å². The molecule has 0 saturated carbocycles. The first-order valence-electron chi connectivity index (χ1n) is 10.4. The lowest BCUT2D eigenvalue weighted by Gasteiger charge is -2.32. The molecule has 1 atom stereocenters. The summed E-state index contributed by atoms with van der Waals surface area (Å²) in [5.41, 5.74) is 1.11. The minimum Gasteiger partial charge on any atom is -0.466 e. The lowest BCUT2D eigenvalue weighted by Crippen LogP contribution is -2.43. The van der Waals surface area contributed by atoms with E-state index in [4.69, 9.17) is 4.74 Å². The molecule has 0 aromatic heterocycles. The van der Waals surface area contributed by atoms with Crippen molar-refractivity contribution in [3.05, 3.63) is 29.3 Å². The number of ether oxygens (including phenoxy) is 1. The normalized spacial score (nSPS) is 21.0. The van der Waals surface area contributed by atoms with Gasteiger partial charge in [-0.1, -0.05) is 12.5 Å². The second-order valence-corrected chi connectivity index (χ2v) is 9.72. The second kappa shape index (κ2) is 9.26. The van der Waals surface area contributed by atoms with E-state index in [0.717, 1.165) is 31.2 Å². The standard InChI is InChI=1S/C21H30N2O5S/c1-3-28-21(25)17-8-7-11-22(15-17)20(24)19-14-18(10-9-16(19)2)29(26,27)23-12-5-4-6-13-23/h9-10,14,17H,3-8,11-13,15H2,1-2H3/t17-/m0/s1. The van der Waals surface area contributed by atoms with Crippen LogP contribution in [0.25, 0.3) is 0 Å². The Labute approximate surface area is 173 Å². The summed E-state index contributed by atoms with van der Waals surface area (Å²) in [7, 11) is -3.61. The molecule has 0 radical (unpaired) electrons. The zero-order valence-corrected chi connectivity index (χ0v) is 18.0. The molecule has 0 N–H and O–H groups in total. The van der Waals surface area contributed by atoms with E-state index < -0.39 is 10.0 Å². The Kier molecular flexibility index (Phi) is 6.95. The number of hydrogen-bond donors (Lipinski definition) is 0. The lowest BCUT2D eigenvalue weighted by molar-refractivity contribution is -0.149. The molecule has 1 amide bonds. The predicted octanol–water partition coefficient (Wildman–Crippen LogP) is 2.58. The SMILES string of the molecule is CCOC(=O)[C@H]1CCCN(C(=O)c2cc(S(=O)(=O)N3CCCCC3)ccc2C)C1. The van der Waals surface area contributed by atoms with Gasteiger partial charge < -0.3 is 9.64 Å². The Morgan fingerprint density at radius 3 is 2.52 bits per heavy atom. The zero-order valence-electron chi connectivity index (χ0n) is 17.2. The number of likely N-dealkylation sites (tertiary alicyclic amines) is 1. The predicted molar refractivity (Wildman–Crippen MR) is 109 cm³/mol. The van der Waals surface area contributed by atoms with Gasteiger partial charge in [0.1, 0.15) is 0 Å². The number of aryl methyl sites for hydroxylation is 1. The van der Waals surface area contributed by atoms with E-state index in [9.17, 15) is 18.0 Å². The van der Waals surface area contributed by atoms with Gasteiger partial charge in [0.15, 0.2) is 0 Å². The van der Waals surface area contributed by atoms with Crippen molar-refractivity contribution in [2.75, 3.05) is 32.8 Å². The maximum atomic E-state index is 13.2. The third-order valence-corrected chi connectivity index (χ3v) is 7.62. The van der Waals surface area contributed by atoms with Crippen molar-refractivity contribution >= 4 is 21.9 Å². The fraction of sp³-hybridized carbons (Fsp3) is 0.619. The van der Waals surface area contributed by atoms with E-state index in [-0.39, 0.29) is 22.7 Å². The van der Waals surface area contributed by atoms with Gasteiger partial charge in [-0.25, -0.2) is 8.42 Å². The number of esters is 1. The van der Waals surface area contributed by atoms with Gasteiger partial charge in [-0.2, -0.15) is 4.31 Å². The van der Waals surface area contributed by atoms with Crippen LogP contribution in [0.3, 0.4) is 0 Å². The maximum Gasteiger partial charge on any atom is 0.310 e. The molecule has 0 bridgehead atoms. The number of sulfonamides is 1. The molecule has 1 aromatic rings. The lowest BCUT2D eigenvalue weighted by atomic mass is 9.97. The van der Waals surface area contributed by atoms with Crippen molar-refractivity contribution < 1.29 is 22.7 Å². The third-order valence-electron chi connectivity index (χ3n) is 5.72. The van der Waals surface area contributed by atoms with Crippen molar-refractivity contribution in [1.29, 1.82) is 0 Å². The van der Waals surface area contributed by atoms with E-state index in [1.165, 1.54) is 10.4 Å². The summed E-state index contributed by atoms with van der Waals surface area (Å²) in [4.78, 5) is 27.1. The van der Waals surface area contributed by atoms with Crippen molar-refractivity contribution in [1.82, 2.24) is 9.21 Å². The van der Waals surface area contributed by atoms with Crippen LogP contribution in [0.2, 0.25) is 0 Å². The maximum absolute atomic E-state index is 13.2. The summed E-state index contributed by atoms with van der Waals surface area (Å²) >= 11 is 0. The Hall–Kier alpha value is -1.93. The number of rotatable bonds is 5. The summed E-state index contributed by atoms with van der Waals surface area (Å²) < 4.78 is 32.6. The van der Waals surface area contributed by atoms with Crippen molar-refractivity contribution in [3.63, 3.8) is 0 Å². The molecular weight excluding hydrogens is 392 g/mol. The topological polar surface area (TPSA) is 84.0 Å². The van der Waals surface area contributed by atoms with Crippen LogP contribution in [0.4, 0.5) is 0 Å². The van der Waals surface area contributed by atoms with E-state index in [0.29, 0.717) is 44.8 Å². The van der Waals surface area contributed by atoms with Gasteiger partial charge in [0.05, 0.1) is 17.4 Å². The molecule has 2 heterocycles.